The van der Waals surface area contributed by atoms with Crippen molar-refractivity contribution in [1.82, 2.24) is 10.6 Å². The molecule has 1 aromatic rings. The fourth-order valence-corrected chi connectivity index (χ4v) is 2.42. The monoisotopic (exact) mass is 356 g/mol. The predicted octanol–water partition coefficient (Wildman–Crippen LogP) is 1.06. The van der Waals surface area contributed by atoms with Crippen molar-refractivity contribution in [3.8, 4) is 0 Å². The average molecular weight is 356 g/mol. The largest absolute Gasteiger partial charge is 0.381 e. The Morgan fingerprint density at radius 1 is 1.25 bits per heavy atom. The normalized spacial score (nSPS) is 12.5. The van der Waals surface area contributed by atoms with Crippen LogP contribution in [0.3, 0.4) is 0 Å². The molecular formula is C16H28N4O3S. The molecule has 8 heteroatoms. The number of nitrogens with one attached hydrogen (secondary N) is 2. The van der Waals surface area contributed by atoms with Crippen LogP contribution in [0.25, 0.3) is 0 Å². The molecule has 0 aromatic heterocycles. The van der Waals surface area contributed by atoms with E-state index in [1.807, 2.05) is 0 Å². The molecule has 136 valence electrons. The van der Waals surface area contributed by atoms with Gasteiger partial charge >= 0.3 is 0 Å². The van der Waals surface area contributed by atoms with Gasteiger partial charge in [0.15, 0.2) is 5.96 Å². The minimum absolute atomic E-state index is 0.107. The molecule has 0 saturated carbocycles. The Kier molecular flexibility index (Phi) is 8.73. The molecular weight excluding hydrogens is 328 g/mol. The Hall–Kier alpha value is -1.64. The first-order valence-corrected chi connectivity index (χ1v) is 9.51. The minimum Gasteiger partial charge on any atom is -0.381 e. The number of guanidine groups is 1. The van der Waals surface area contributed by atoms with E-state index in [9.17, 15) is 8.42 Å². The third-order valence-electron chi connectivity index (χ3n) is 3.14. The Labute approximate surface area is 144 Å². The van der Waals surface area contributed by atoms with Crippen molar-refractivity contribution >= 4 is 16.0 Å². The summed E-state index contributed by atoms with van der Waals surface area (Å²) in [5, 5.41) is 11.5. The van der Waals surface area contributed by atoms with Crippen LogP contribution in [0.2, 0.25) is 0 Å². The van der Waals surface area contributed by atoms with Crippen molar-refractivity contribution < 1.29 is 13.2 Å². The summed E-state index contributed by atoms with van der Waals surface area (Å²) in [7, 11) is -1.95. The second kappa shape index (κ2) is 10.3. The van der Waals surface area contributed by atoms with Crippen LogP contribution in [0.1, 0.15) is 25.8 Å². The van der Waals surface area contributed by atoms with E-state index in [1.54, 1.807) is 19.2 Å². The van der Waals surface area contributed by atoms with Crippen LogP contribution in [0.15, 0.2) is 34.2 Å². The van der Waals surface area contributed by atoms with Crippen LogP contribution in [0, 0.1) is 5.92 Å². The third-order valence-corrected chi connectivity index (χ3v) is 4.07. The lowest BCUT2D eigenvalue weighted by Crippen LogP contribution is -2.37. The van der Waals surface area contributed by atoms with E-state index in [0.717, 1.165) is 31.7 Å². The second-order valence-corrected chi connectivity index (χ2v) is 7.43. The quantitative estimate of drug-likeness (QED) is 0.348. The molecule has 0 radical (unpaired) electrons. The van der Waals surface area contributed by atoms with Crippen molar-refractivity contribution in [2.24, 2.45) is 16.0 Å². The first-order valence-electron chi connectivity index (χ1n) is 7.97. The van der Waals surface area contributed by atoms with Crippen molar-refractivity contribution in [3.05, 3.63) is 29.8 Å². The summed E-state index contributed by atoms with van der Waals surface area (Å²) < 4.78 is 27.9. The Bertz CT molecular complexity index is 613. The summed E-state index contributed by atoms with van der Waals surface area (Å²) in [5.41, 5.74) is 0.936. The van der Waals surface area contributed by atoms with Crippen LogP contribution in [0.5, 0.6) is 0 Å². The fourth-order valence-electron chi connectivity index (χ4n) is 1.90. The van der Waals surface area contributed by atoms with Gasteiger partial charge in [-0.1, -0.05) is 26.0 Å². The van der Waals surface area contributed by atoms with Crippen molar-refractivity contribution in [1.29, 1.82) is 0 Å². The molecule has 1 aromatic carbocycles. The summed E-state index contributed by atoms with van der Waals surface area (Å²) >= 11 is 0. The molecule has 0 atom stereocenters. The van der Waals surface area contributed by atoms with E-state index in [1.165, 1.54) is 12.1 Å². The number of rotatable bonds is 9. The van der Waals surface area contributed by atoms with Crippen LogP contribution in [-0.4, -0.2) is 41.2 Å². The molecule has 24 heavy (non-hydrogen) atoms. The zero-order valence-corrected chi connectivity index (χ0v) is 15.4. The smallest absolute Gasteiger partial charge is 0.238 e. The molecule has 1 rings (SSSR count). The number of nitrogens with two attached hydrogens (primary N) is 1. The topological polar surface area (TPSA) is 106 Å². The van der Waals surface area contributed by atoms with Crippen molar-refractivity contribution in [3.63, 3.8) is 0 Å². The molecule has 4 N–H and O–H groups in total. The summed E-state index contributed by atoms with van der Waals surface area (Å²) in [6.07, 6.45) is 0.899. The number of aliphatic imine (C=N–C) groups is 1. The van der Waals surface area contributed by atoms with E-state index in [4.69, 9.17) is 9.88 Å². The first-order chi connectivity index (χ1) is 11.3. The van der Waals surface area contributed by atoms with Gasteiger partial charge in [-0.05, 0) is 30.0 Å². The maximum atomic E-state index is 11.2. The van der Waals surface area contributed by atoms with Crippen molar-refractivity contribution in [2.75, 3.05) is 26.8 Å². The van der Waals surface area contributed by atoms with E-state index >= 15 is 0 Å². The Morgan fingerprint density at radius 3 is 2.46 bits per heavy atom. The van der Waals surface area contributed by atoms with Crippen LogP contribution < -0.4 is 15.8 Å². The maximum absolute atomic E-state index is 11.2. The zero-order valence-electron chi connectivity index (χ0n) is 14.6. The molecule has 0 unspecified atom stereocenters. The van der Waals surface area contributed by atoms with E-state index in [2.05, 4.69) is 29.5 Å². The molecule has 0 aliphatic heterocycles. The van der Waals surface area contributed by atoms with Gasteiger partial charge in [0.2, 0.25) is 10.0 Å². The summed E-state index contributed by atoms with van der Waals surface area (Å²) in [5.74, 6) is 1.24. The number of sulfonamides is 1. The highest BCUT2D eigenvalue weighted by Crippen LogP contribution is 2.08. The molecule has 0 aliphatic carbocycles. The molecule has 0 bridgehead atoms. The average Bonchev–Trinajstić information content (AvgIpc) is 2.52. The van der Waals surface area contributed by atoms with Gasteiger partial charge in [0.25, 0.3) is 0 Å². The van der Waals surface area contributed by atoms with Gasteiger partial charge < -0.3 is 15.4 Å². The highest BCUT2D eigenvalue weighted by atomic mass is 32.2. The lowest BCUT2D eigenvalue weighted by atomic mass is 10.2. The molecule has 0 spiro atoms. The third kappa shape index (κ3) is 8.28. The van der Waals surface area contributed by atoms with Gasteiger partial charge in [-0.15, -0.1) is 0 Å². The molecule has 0 amide bonds. The summed E-state index contributed by atoms with van der Waals surface area (Å²) in [6.45, 7) is 7.05. The fraction of sp³-hybridized carbons (Fsp3) is 0.562. The van der Waals surface area contributed by atoms with Crippen LogP contribution >= 0.6 is 0 Å². The lowest BCUT2D eigenvalue weighted by molar-refractivity contribution is 0.108. The van der Waals surface area contributed by atoms with Crippen LogP contribution in [0.4, 0.5) is 0 Å². The molecule has 7 nitrogen and oxygen atoms in total. The van der Waals surface area contributed by atoms with Gasteiger partial charge in [0.05, 0.1) is 4.90 Å². The van der Waals surface area contributed by atoms with E-state index in [-0.39, 0.29) is 4.90 Å². The number of hydrogen-bond acceptors (Lipinski definition) is 4. The standard InChI is InChI=1S/C16H28N4O3S/c1-13(2)12-23-10-4-9-19-16(18-3)20-11-14-5-7-15(8-6-14)24(17,21)22/h5-8,13H,4,9-12H2,1-3H3,(H2,17,21,22)(H2,18,19,20). The second-order valence-electron chi connectivity index (χ2n) is 5.86. The van der Waals surface area contributed by atoms with Gasteiger partial charge in [-0.3, -0.25) is 4.99 Å². The van der Waals surface area contributed by atoms with Gasteiger partial charge in [0, 0.05) is 33.4 Å². The maximum Gasteiger partial charge on any atom is 0.238 e. The minimum atomic E-state index is -3.65. The molecule has 0 fully saturated rings. The van der Waals surface area contributed by atoms with Gasteiger partial charge in [-0.2, -0.15) is 0 Å². The molecule has 0 aliphatic rings. The number of nitrogens with zero attached hydrogens (tertiary/aromatic N) is 1. The van der Waals surface area contributed by atoms with Crippen molar-refractivity contribution in [2.45, 2.75) is 31.7 Å². The number of primary sulfonamides is 1. The zero-order chi connectivity index (χ0) is 18.0. The predicted molar refractivity (Wildman–Crippen MR) is 96.3 cm³/mol. The van der Waals surface area contributed by atoms with E-state index < -0.39 is 10.0 Å². The van der Waals surface area contributed by atoms with Crippen LogP contribution in [-0.2, 0) is 21.3 Å². The number of ether oxygens (including phenoxy) is 1. The first kappa shape index (κ1) is 20.4. The van der Waals surface area contributed by atoms with Gasteiger partial charge in [-0.25, -0.2) is 13.6 Å². The Morgan fingerprint density at radius 2 is 1.92 bits per heavy atom. The lowest BCUT2D eigenvalue weighted by Gasteiger charge is -2.12. The summed E-state index contributed by atoms with van der Waals surface area (Å²) in [6, 6.07) is 6.43. The SMILES string of the molecule is CN=C(NCCCOCC(C)C)NCc1ccc(S(N)(=O)=O)cc1. The van der Waals surface area contributed by atoms with E-state index in [0.29, 0.717) is 18.4 Å². The molecule has 0 saturated heterocycles. The highest BCUT2D eigenvalue weighted by molar-refractivity contribution is 7.89. The summed E-state index contributed by atoms with van der Waals surface area (Å²) in [4.78, 5) is 4.25. The van der Waals surface area contributed by atoms with Gasteiger partial charge in [0.1, 0.15) is 0 Å². The highest BCUT2D eigenvalue weighted by Gasteiger charge is 2.06. The molecule has 0 heterocycles. The number of benzene rings is 1. The Balaban J connectivity index is 2.31. The number of hydrogen-bond donors (Lipinski definition) is 3.